The van der Waals surface area contributed by atoms with Crippen molar-refractivity contribution in [2.45, 2.75) is 13.3 Å². The van der Waals surface area contributed by atoms with Crippen molar-refractivity contribution in [3.05, 3.63) is 67.0 Å². The molecule has 0 fully saturated rings. The number of rotatable bonds is 4. The standard InChI is InChI=1S/C16H16N2/c1-3-5-12-17-14(4-2)16-11-10-13-8-6-7-9-15(13)18-16/h4-12H,2-3H2,1H3/b12-5-,17-14?. The highest BCUT2D eigenvalue weighted by molar-refractivity contribution is 6.08. The van der Waals surface area contributed by atoms with Crippen molar-refractivity contribution in [1.29, 1.82) is 0 Å². The lowest BCUT2D eigenvalue weighted by Crippen LogP contribution is -1.99. The zero-order valence-corrected chi connectivity index (χ0v) is 10.5. The van der Waals surface area contributed by atoms with Crippen LogP contribution in [0.25, 0.3) is 10.9 Å². The fourth-order valence-corrected chi connectivity index (χ4v) is 1.67. The van der Waals surface area contributed by atoms with Crippen molar-refractivity contribution in [1.82, 2.24) is 4.98 Å². The van der Waals surface area contributed by atoms with Crippen LogP contribution in [0, 0.1) is 0 Å². The molecule has 0 saturated heterocycles. The normalized spacial score (nSPS) is 12.2. The summed E-state index contributed by atoms with van der Waals surface area (Å²) in [6.45, 7) is 5.87. The summed E-state index contributed by atoms with van der Waals surface area (Å²) in [6.07, 6.45) is 6.51. The molecule has 0 N–H and O–H groups in total. The number of aromatic nitrogens is 1. The molecule has 0 bridgehead atoms. The van der Waals surface area contributed by atoms with Gasteiger partial charge in [-0.1, -0.05) is 43.8 Å². The van der Waals surface area contributed by atoms with E-state index in [0.29, 0.717) is 0 Å². The highest BCUT2D eigenvalue weighted by Crippen LogP contribution is 2.12. The van der Waals surface area contributed by atoms with E-state index in [1.54, 1.807) is 12.3 Å². The largest absolute Gasteiger partial charge is 0.255 e. The molecule has 1 aromatic heterocycles. The lowest BCUT2D eigenvalue weighted by atomic mass is 10.1. The van der Waals surface area contributed by atoms with Crippen LogP contribution in [0.4, 0.5) is 0 Å². The third kappa shape index (κ3) is 2.72. The fraction of sp³-hybridized carbons (Fsp3) is 0.125. The molecule has 18 heavy (non-hydrogen) atoms. The lowest BCUT2D eigenvalue weighted by Gasteiger charge is -2.02. The highest BCUT2D eigenvalue weighted by atomic mass is 14.8. The molecule has 1 aromatic carbocycles. The average Bonchev–Trinajstić information content (AvgIpc) is 2.43. The van der Waals surface area contributed by atoms with Gasteiger partial charge in [-0.05, 0) is 24.6 Å². The smallest absolute Gasteiger partial charge is 0.0893 e. The van der Waals surface area contributed by atoms with E-state index in [1.165, 1.54) is 0 Å². The van der Waals surface area contributed by atoms with Crippen molar-refractivity contribution in [3.63, 3.8) is 0 Å². The minimum Gasteiger partial charge on any atom is -0.255 e. The van der Waals surface area contributed by atoms with E-state index in [9.17, 15) is 0 Å². The molecule has 0 unspecified atom stereocenters. The lowest BCUT2D eigenvalue weighted by molar-refractivity contribution is 1.21. The number of para-hydroxylation sites is 1. The number of nitrogens with zero attached hydrogens (tertiary/aromatic N) is 2. The van der Waals surface area contributed by atoms with Gasteiger partial charge in [0.15, 0.2) is 0 Å². The van der Waals surface area contributed by atoms with Crippen LogP contribution in [0.2, 0.25) is 0 Å². The summed E-state index contributed by atoms with van der Waals surface area (Å²) in [5.41, 5.74) is 2.62. The second-order valence-electron chi connectivity index (χ2n) is 3.90. The van der Waals surface area contributed by atoms with Crippen molar-refractivity contribution < 1.29 is 0 Å². The summed E-state index contributed by atoms with van der Waals surface area (Å²) >= 11 is 0. The second kappa shape index (κ2) is 5.92. The van der Waals surface area contributed by atoms with Crippen LogP contribution >= 0.6 is 0 Å². The molecule has 2 aromatic rings. The van der Waals surface area contributed by atoms with Crippen molar-refractivity contribution in [2.75, 3.05) is 0 Å². The maximum atomic E-state index is 4.59. The first kappa shape index (κ1) is 12.2. The predicted molar refractivity (Wildman–Crippen MR) is 77.9 cm³/mol. The first-order valence-electron chi connectivity index (χ1n) is 6.06. The Hall–Kier alpha value is -2.22. The molecule has 90 valence electrons. The van der Waals surface area contributed by atoms with Crippen LogP contribution in [0.1, 0.15) is 19.0 Å². The van der Waals surface area contributed by atoms with Gasteiger partial charge in [0.2, 0.25) is 0 Å². The summed E-state index contributed by atoms with van der Waals surface area (Å²) < 4.78 is 0. The van der Waals surface area contributed by atoms with Crippen LogP contribution in [0.3, 0.4) is 0 Å². The van der Waals surface area contributed by atoms with E-state index in [0.717, 1.165) is 28.7 Å². The van der Waals surface area contributed by atoms with Gasteiger partial charge >= 0.3 is 0 Å². The summed E-state index contributed by atoms with van der Waals surface area (Å²) in [7, 11) is 0. The zero-order valence-electron chi connectivity index (χ0n) is 10.5. The summed E-state index contributed by atoms with van der Waals surface area (Å²) in [4.78, 5) is 8.95. The van der Waals surface area contributed by atoms with Crippen LogP contribution in [0.5, 0.6) is 0 Å². The van der Waals surface area contributed by atoms with Gasteiger partial charge < -0.3 is 0 Å². The van der Waals surface area contributed by atoms with Gasteiger partial charge in [-0.3, -0.25) is 4.99 Å². The van der Waals surface area contributed by atoms with Crippen LogP contribution < -0.4 is 0 Å². The monoisotopic (exact) mass is 236 g/mol. The van der Waals surface area contributed by atoms with Gasteiger partial charge in [0, 0.05) is 11.6 Å². The molecule has 1 heterocycles. The molecule has 2 rings (SSSR count). The summed E-state index contributed by atoms with van der Waals surface area (Å²) in [5.74, 6) is 0. The minimum atomic E-state index is 0.797. The Morgan fingerprint density at radius 3 is 2.89 bits per heavy atom. The zero-order chi connectivity index (χ0) is 12.8. The highest BCUT2D eigenvalue weighted by Gasteiger charge is 2.01. The number of fused-ring (bicyclic) bond motifs is 1. The Balaban J connectivity index is 2.42. The molecule has 0 atom stereocenters. The molecule has 0 aliphatic heterocycles. The van der Waals surface area contributed by atoms with E-state index < -0.39 is 0 Å². The van der Waals surface area contributed by atoms with Gasteiger partial charge in [0.25, 0.3) is 0 Å². The van der Waals surface area contributed by atoms with E-state index in [1.807, 2.05) is 36.4 Å². The molecule has 0 aliphatic rings. The van der Waals surface area contributed by atoms with Gasteiger partial charge in [-0.25, -0.2) is 4.98 Å². The third-order valence-corrected chi connectivity index (χ3v) is 2.61. The maximum absolute atomic E-state index is 4.59. The maximum Gasteiger partial charge on any atom is 0.0893 e. The Morgan fingerprint density at radius 2 is 2.11 bits per heavy atom. The van der Waals surface area contributed by atoms with Gasteiger partial charge in [0.1, 0.15) is 0 Å². The Kier molecular flexibility index (Phi) is 4.02. The quantitative estimate of drug-likeness (QED) is 0.732. The van der Waals surface area contributed by atoms with E-state index >= 15 is 0 Å². The van der Waals surface area contributed by atoms with E-state index in [4.69, 9.17) is 0 Å². The Labute approximate surface area is 107 Å². The SMILES string of the molecule is C=CC(=N/C=C\CC)c1ccc2ccccc2n1. The van der Waals surface area contributed by atoms with Crippen LogP contribution in [-0.2, 0) is 0 Å². The molecule has 0 saturated carbocycles. The van der Waals surface area contributed by atoms with Crippen molar-refractivity contribution in [3.8, 4) is 0 Å². The van der Waals surface area contributed by atoms with Gasteiger partial charge in [-0.2, -0.15) is 0 Å². The number of pyridine rings is 1. The predicted octanol–water partition coefficient (Wildman–Crippen LogP) is 4.13. The average molecular weight is 236 g/mol. The molecular formula is C16H16N2. The van der Waals surface area contributed by atoms with Gasteiger partial charge in [-0.15, -0.1) is 0 Å². The number of benzene rings is 1. The Bertz CT molecular complexity index is 609. The van der Waals surface area contributed by atoms with Crippen LogP contribution in [-0.4, -0.2) is 10.7 Å². The number of hydrogen-bond acceptors (Lipinski definition) is 2. The first-order chi connectivity index (χ1) is 8.85. The van der Waals surface area contributed by atoms with E-state index in [2.05, 4.69) is 29.5 Å². The summed E-state index contributed by atoms with van der Waals surface area (Å²) in [5, 5.41) is 1.13. The second-order valence-corrected chi connectivity index (χ2v) is 3.90. The fourth-order valence-electron chi connectivity index (χ4n) is 1.67. The molecular weight excluding hydrogens is 220 g/mol. The molecule has 0 radical (unpaired) electrons. The molecule has 0 spiro atoms. The molecule has 2 heteroatoms. The van der Waals surface area contributed by atoms with Crippen molar-refractivity contribution >= 4 is 16.6 Å². The number of hydrogen-bond donors (Lipinski definition) is 0. The number of allylic oxidation sites excluding steroid dienone is 2. The Morgan fingerprint density at radius 1 is 1.28 bits per heavy atom. The van der Waals surface area contributed by atoms with Crippen molar-refractivity contribution in [2.24, 2.45) is 4.99 Å². The topological polar surface area (TPSA) is 25.2 Å². The third-order valence-electron chi connectivity index (χ3n) is 2.61. The first-order valence-corrected chi connectivity index (χ1v) is 6.06. The summed E-state index contributed by atoms with van der Waals surface area (Å²) in [6, 6.07) is 12.1. The minimum absolute atomic E-state index is 0.797. The molecule has 0 aliphatic carbocycles. The van der Waals surface area contributed by atoms with Gasteiger partial charge in [0.05, 0.1) is 16.9 Å². The number of aliphatic imine (C=N–C) groups is 1. The van der Waals surface area contributed by atoms with Crippen LogP contribution in [0.15, 0.2) is 66.3 Å². The van der Waals surface area contributed by atoms with E-state index in [-0.39, 0.29) is 0 Å². The molecule has 2 nitrogen and oxygen atoms in total. The molecule has 0 amide bonds.